The van der Waals surface area contributed by atoms with Gasteiger partial charge in [-0.1, -0.05) is 11.6 Å². The summed E-state index contributed by atoms with van der Waals surface area (Å²) in [5.41, 5.74) is 0.738. The standard InChI is InChI=1S/C12H13ClN6OS/c13-8-1-3-9(4-2-8)19-10(16-17-18-19)7-21-12-14-6-5-11(20)15-12/h1-4,12,14H,5-7H2,(H,15,20). The van der Waals surface area contributed by atoms with Crippen molar-refractivity contribution in [3.8, 4) is 5.69 Å². The molecule has 0 radical (unpaired) electrons. The second-order valence-corrected chi connectivity index (χ2v) is 5.98. The zero-order valence-electron chi connectivity index (χ0n) is 11.0. The Morgan fingerprint density at radius 1 is 1.38 bits per heavy atom. The Morgan fingerprint density at radius 3 is 2.95 bits per heavy atom. The van der Waals surface area contributed by atoms with E-state index in [1.807, 2.05) is 12.1 Å². The molecule has 1 unspecified atom stereocenters. The maximum absolute atomic E-state index is 11.3. The van der Waals surface area contributed by atoms with Gasteiger partial charge in [-0.25, -0.2) is 0 Å². The molecule has 1 fully saturated rings. The van der Waals surface area contributed by atoms with E-state index in [-0.39, 0.29) is 11.4 Å². The zero-order chi connectivity index (χ0) is 14.7. The second-order valence-electron chi connectivity index (χ2n) is 4.45. The molecule has 1 aromatic carbocycles. The van der Waals surface area contributed by atoms with Gasteiger partial charge in [-0.2, -0.15) is 4.68 Å². The molecule has 1 aliphatic rings. The van der Waals surface area contributed by atoms with Crippen LogP contribution in [0.2, 0.25) is 5.02 Å². The monoisotopic (exact) mass is 324 g/mol. The summed E-state index contributed by atoms with van der Waals surface area (Å²) in [6, 6.07) is 7.29. The van der Waals surface area contributed by atoms with Crippen LogP contribution in [-0.4, -0.2) is 38.2 Å². The Hall–Kier alpha value is -1.64. The summed E-state index contributed by atoms with van der Waals surface area (Å²) >= 11 is 7.41. The number of tetrazole rings is 1. The zero-order valence-corrected chi connectivity index (χ0v) is 12.6. The first-order chi connectivity index (χ1) is 10.2. The Labute approximate surface area is 130 Å². The molecule has 1 atom stereocenters. The van der Waals surface area contributed by atoms with Crippen LogP contribution in [0.3, 0.4) is 0 Å². The molecule has 2 aromatic rings. The van der Waals surface area contributed by atoms with Gasteiger partial charge in [0, 0.05) is 18.0 Å². The van der Waals surface area contributed by atoms with Crippen LogP contribution in [0.25, 0.3) is 5.69 Å². The second kappa shape index (κ2) is 6.42. The Morgan fingerprint density at radius 2 is 2.19 bits per heavy atom. The molecule has 0 bridgehead atoms. The number of nitrogens with zero attached hydrogens (tertiary/aromatic N) is 4. The van der Waals surface area contributed by atoms with Crippen molar-refractivity contribution in [2.24, 2.45) is 0 Å². The number of hydrogen-bond donors (Lipinski definition) is 2. The average Bonchev–Trinajstić information content (AvgIpc) is 2.94. The van der Waals surface area contributed by atoms with Gasteiger partial charge in [-0.3, -0.25) is 10.1 Å². The number of nitrogens with one attached hydrogen (secondary N) is 2. The fraction of sp³-hybridized carbons (Fsp3) is 0.333. The van der Waals surface area contributed by atoms with Crippen LogP contribution in [0.5, 0.6) is 0 Å². The third-order valence-corrected chi connectivity index (χ3v) is 4.25. The summed E-state index contributed by atoms with van der Waals surface area (Å²) < 4.78 is 1.66. The topological polar surface area (TPSA) is 84.7 Å². The molecule has 0 saturated carbocycles. The highest BCUT2D eigenvalue weighted by Crippen LogP contribution is 2.18. The number of benzene rings is 1. The fourth-order valence-corrected chi connectivity index (χ4v) is 3.00. The molecular formula is C12H13ClN6OS. The van der Waals surface area contributed by atoms with Crippen molar-refractivity contribution < 1.29 is 4.79 Å². The molecule has 0 aliphatic carbocycles. The van der Waals surface area contributed by atoms with Crippen molar-refractivity contribution in [1.29, 1.82) is 0 Å². The summed E-state index contributed by atoms with van der Waals surface area (Å²) in [6.45, 7) is 0.686. The van der Waals surface area contributed by atoms with E-state index in [4.69, 9.17) is 11.6 Å². The number of carbonyl (C=O) groups is 1. The predicted octanol–water partition coefficient (Wildman–Crippen LogP) is 0.942. The van der Waals surface area contributed by atoms with Crippen LogP contribution in [0, 0.1) is 0 Å². The van der Waals surface area contributed by atoms with Gasteiger partial charge < -0.3 is 5.32 Å². The summed E-state index contributed by atoms with van der Waals surface area (Å²) in [5.74, 6) is 1.35. The quantitative estimate of drug-likeness (QED) is 0.871. The third kappa shape index (κ3) is 3.52. The average molecular weight is 325 g/mol. The van der Waals surface area contributed by atoms with E-state index in [1.165, 1.54) is 11.8 Å². The molecule has 2 heterocycles. The van der Waals surface area contributed by atoms with Gasteiger partial charge >= 0.3 is 0 Å². The largest absolute Gasteiger partial charge is 0.332 e. The molecule has 3 rings (SSSR count). The summed E-state index contributed by atoms with van der Waals surface area (Å²) in [5, 5.41) is 18.5. The van der Waals surface area contributed by atoms with Crippen LogP contribution in [0.4, 0.5) is 0 Å². The summed E-state index contributed by atoms with van der Waals surface area (Å²) in [4.78, 5) is 11.3. The minimum atomic E-state index is -0.110. The molecule has 2 N–H and O–H groups in total. The summed E-state index contributed by atoms with van der Waals surface area (Å²) in [6.07, 6.45) is 0.513. The number of thioether (sulfide) groups is 1. The molecule has 110 valence electrons. The molecule has 1 saturated heterocycles. The molecular weight excluding hydrogens is 312 g/mol. The SMILES string of the molecule is O=C1CCNC(SCc2nnnn2-c2ccc(Cl)cc2)N1. The van der Waals surface area contributed by atoms with Gasteiger partial charge in [0.05, 0.1) is 11.4 Å². The van der Waals surface area contributed by atoms with Gasteiger partial charge in [0.1, 0.15) is 5.50 Å². The molecule has 9 heteroatoms. The van der Waals surface area contributed by atoms with Crippen LogP contribution in [-0.2, 0) is 10.5 Å². The number of aromatic nitrogens is 4. The van der Waals surface area contributed by atoms with Crippen molar-refractivity contribution in [2.75, 3.05) is 6.54 Å². The number of carbonyl (C=O) groups excluding carboxylic acids is 1. The minimum absolute atomic E-state index is 0.0588. The minimum Gasteiger partial charge on any atom is -0.332 e. The third-order valence-electron chi connectivity index (χ3n) is 2.96. The lowest BCUT2D eigenvalue weighted by atomic mass is 10.3. The van der Waals surface area contributed by atoms with Gasteiger partial charge in [0.15, 0.2) is 5.82 Å². The number of rotatable bonds is 4. The van der Waals surface area contributed by atoms with Crippen molar-refractivity contribution >= 4 is 29.3 Å². The number of amides is 1. The molecule has 1 amide bonds. The van der Waals surface area contributed by atoms with E-state index in [0.29, 0.717) is 29.6 Å². The van der Waals surface area contributed by atoms with Crippen LogP contribution in [0.15, 0.2) is 24.3 Å². The van der Waals surface area contributed by atoms with E-state index in [0.717, 1.165) is 5.69 Å². The molecule has 1 aliphatic heterocycles. The molecule has 21 heavy (non-hydrogen) atoms. The Bertz CT molecular complexity index is 631. The molecule has 7 nitrogen and oxygen atoms in total. The number of hydrogen-bond acceptors (Lipinski definition) is 6. The van der Waals surface area contributed by atoms with Crippen LogP contribution >= 0.6 is 23.4 Å². The van der Waals surface area contributed by atoms with Gasteiger partial charge in [-0.15, -0.1) is 16.9 Å². The van der Waals surface area contributed by atoms with E-state index in [2.05, 4.69) is 26.2 Å². The fourth-order valence-electron chi connectivity index (χ4n) is 1.92. The van der Waals surface area contributed by atoms with Gasteiger partial charge in [0.2, 0.25) is 5.91 Å². The van der Waals surface area contributed by atoms with E-state index in [1.54, 1.807) is 16.8 Å². The normalized spacial score (nSPS) is 18.5. The van der Waals surface area contributed by atoms with Crippen LogP contribution in [0.1, 0.15) is 12.2 Å². The smallest absolute Gasteiger partial charge is 0.223 e. The maximum Gasteiger partial charge on any atom is 0.223 e. The first kappa shape index (κ1) is 14.3. The van der Waals surface area contributed by atoms with Crippen molar-refractivity contribution in [2.45, 2.75) is 17.7 Å². The first-order valence-corrected chi connectivity index (χ1v) is 7.82. The first-order valence-electron chi connectivity index (χ1n) is 6.40. The highest BCUT2D eigenvalue weighted by atomic mass is 35.5. The Kier molecular flexibility index (Phi) is 4.37. The number of halogens is 1. The van der Waals surface area contributed by atoms with E-state index >= 15 is 0 Å². The lowest BCUT2D eigenvalue weighted by Crippen LogP contribution is -2.49. The van der Waals surface area contributed by atoms with Gasteiger partial charge in [-0.05, 0) is 34.7 Å². The maximum atomic E-state index is 11.3. The predicted molar refractivity (Wildman–Crippen MR) is 80.0 cm³/mol. The molecule has 0 spiro atoms. The van der Waals surface area contributed by atoms with Crippen molar-refractivity contribution in [3.63, 3.8) is 0 Å². The molecule has 1 aromatic heterocycles. The van der Waals surface area contributed by atoms with E-state index < -0.39 is 0 Å². The Balaban J connectivity index is 1.68. The van der Waals surface area contributed by atoms with E-state index in [9.17, 15) is 4.79 Å². The van der Waals surface area contributed by atoms with Crippen molar-refractivity contribution in [3.05, 3.63) is 35.1 Å². The lowest BCUT2D eigenvalue weighted by molar-refractivity contribution is -0.122. The van der Waals surface area contributed by atoms with Crippen LogP contribution < -0.4 is 10.6 Å². The summed E-state index contributed by atoms with van der Waals surface area (Å²) in [7, 11) is 0. The highest BCUT2D eigenvalue weighted by Gasteiger charge is 2.19. The van der Waals surface area contributed by atoms with Gasteiger partial charge in [0.25, 0.3) is 0 Å². The van der Waals surface area contributed by atoms with Crippen molar-refractivity contribution in [1.82, 2.24) is 30.8 Å². The lowest BCUT2D eigenvalue weighted by Gasteiger charge is -2.23. The highest BCUT2D eigenvalue weighted by molar-refractivity contribution is 7.99.